The maximum absolute atomic E-state index is 12.6. The maximum Gasteiger partial charge on any atom is 0.343 e. The van der Waals surface area contributed by atoms with Gasteiger partial charge in [0.2, 0.25) is 0 Å². The van der Waals surface area contributed by atoms with E-state index in [1.165, 1.54) is 7.11 Å². The SMILES string of the molecule is COC(=O)COc1cc(-c2ccccc2)nc2ccc(NC(=O)c3ccccc3Cl)cc12. The first kappa shape index (κ1) is 21.3. The number of rotatable bonds is 6. The average molecular weight is 447 g/mol. The van der Waals surface area contributed by atoms with E-state index in [0.717, 1.165) is 5.56 Å². The van der Waals surface area contributed by atoms with Crippen molar-refractivity contribution < 1.29 is 19.1 Å². The molecule has 0 aliphatic carbocycles. The topological polar surface area (TPSA) is 77.5 Å². The summed E-state index contributed by atoms with van der Waals surface area (Å²) in [4.78, 5) is 29.0. The second kappa shape index (κ2) is 9.49. The van der Waals surface area contributed by atoms with Crippen molar-refractivity contribution in [2.45, 2.75) is 0 Å². The van der Waals surface area contributed by atoms with Crippen molar-refractivity contribution in [2.75, 3.05) is 19.0 Å². The highest BCUT2D eigenvalue weighted by atomic mass is 35.5. The van der Waals surface area contributed by atoms with Crippen molar-refractivity contribution >= 4 is 40.1 Å². The molecule has 1 aromatic heterocycles. The van der Waals surface area contributed by atoms with Crippen LogP contribution in [0.15, 0.2) is 78.9 Å². The Balaban J connectivity index is 1.72. The number of nitrogens with zero attached hydrogens (tertiary/aromatic N) is 1. The Morgan fingerprint density at radius 1 is 0.969 bits per heavy atom. The third-order valence-corrected chi connectivity index (χ3v) is 5.12. The van der Waals surface area contributed by atoms with Crippen molar-refractivity contribution in [3.63, 3.8) is 0 Å². The molecule has 0 atom stereocenters. The van der Waals surface area contributed by atoms with E-state index < -0.39 is 5.97 Å². The Morgan fingerprint density at radius 2 is 1.72 bits per heavy atom. The molecule has 4 rings (SSSR count). The van der Waals surface area contributed by atoms with Gasteiger partial charge in [0.1, 0.15) is 5.75 Å². The summed E-state index contributed by atoms with van der Waals surface area (Å²) in [5, 5.41) is 3.85. The van der Waals surface area contributed by atoms with E-state index in [4.69, 9.17) is 21.3 Å². The molecule has 0 radical (unpaired) electrons. The number of ether oxygens (including phenoxy) is 2. The van der Waals surface area contributed by atoms with Gasteiger partial charge in [0.05, 0.1) is 28.9 Å². The van der Waals surface area contributed by atoms with Crippen LogP contribution in [0.3, 0.4) is 0 Å². The molecule has 32 heavy (non-hydrogen) atoms. The molecule has 0 aliphatic heterocycles. The number of amides is 1. The molecule has 0 saturated carbocycles. The third-order valence-electron chi connectivity index (χ3n) is 4.79. The van der Waals surface area contributed by atoms with Gasteiger partial charge in [-0.2, -0.15) is 0 Å². The summed E-state index contributed by atoms with van der Waals surface area (Å²) in [5.41, 5.74) is 3.18. The molecule has 1 N–H and O–H groups in total. The summed E-state index contributed by atoms with van der Waals surface area (Å²) in [6, 6.07) is 23.5. The van der Waals surface area contributed by atoms with Crippen molar-refractivity contribution in [2.24, 2.45) is 0 Å². The van der Waals surface area contributed by atoms with Gasteiger partial charge in [-0.15, -0.1) is 0 Å². The van der Waals surface area contributed by atoms with Gasteiger partial charge >= 0.3 is 5.97 Å². The molecule has 0 aliphatic rings. The van der Waals surface area contributed by atoms with Crippen molar-refractivity contribution in [1.29, 1.82) is 0 Å². The number of carbonyl (C=O) groups is 2. The summed E-state index contributed by atoms with van der Waals surface area (Å²) in [6.07, 6.45) is 0. The Kier molecular flexibility index (Phi) is 6.33. The van der Waals surface area contributed by atoms with Gasteiger partial charge in [0.25, 0.3) is 5.91 Å². The summed E-state index contributed by atoms with van der Waals surface area (Å²) in [5.74, 6) is -0.381. The highest BCUT2D eigenvalue weighted by molar-refractivity contribution is 6.34. The minimum atomic E-state index is -0.501. The normalized spacial score (nSPS) is 10.6. The Hall–Kier alpha value is -3.90. The van der Waals surface area contributed by atoms with E-state index >= 15 is 0 Å². The Bertz CT molecular complexity index is 1290. The number of methoxy groups -OCH3 is 1. The number of benzene rings is 3. The summed E-state index contributed by atoms with van der Waals surface area (Å²) >= 11 is 6.13. The van der Waals surface area contributed by atoms with Crippen LogP contribution in [-0.2, 0) is 9.53 Å². The highest BCUT2D eigenvalue weighted by Crippen LogP contribution is 2.32. The molecule has 4 aromatic rings. The molecular formula is C25H19ClN2O4. The molecule has 1 heterocycles. The largest absolute Gasteiger partial charge is 0.481 e. The summed E-state index contributed by atoms with van der Waals surface area (Å²) in [6.45, 7) is -0.250. The lowest BCUT2D eigenvalue weighted by Gasteiger charge is -2.13. The van der Waals surface area contributed by atoms with Crippen molar-refractivity contribution in [3.8, 4) is 17.0 Å². The minimum Gasteiger partial charge on any atom is -0.481 e. The zero-order valence-electron chi connectivity index (χ0n) is 17.2. The molecular weight excluding hydrogens is 428 g/mol. The van der Waals surface area contributed by atoms with Crippen LogP contribution >= 0.6 is 11.6 Å². The second-order valence-corrected chi connectivity index (χ2v) is 7.31. The Labute approximate surface area is 189 Å². The monoisotopic (exact) mass is 446 g/mol. The molecule has 0 saturated heterocycles. The van der Waals surface area contributed by atoms with Crippen molar-refractivity contribution in [3.05, 3.63) is 89.4 Å². The zero-order valence-corrected chi connectivity index (χ0v) is 17.9. The number of carbonyl (C=O) groups excluding carboxylic acids is 2. The van der Waals surface area contributed by atoms with Crippen LogP contribution in [0.2, 0.25) is 5.02 Å². The van der Waals surface area contributed by atoms with Crippen LogP contribution in [0, 0.1) is 0 Å². The molecule has 0 fully saturated rings. The van der Waals surface area contributed by atoms with Gasteiger partial charge in [-0.3, -0.25) is 4.79 Å². The van der Waals surface area contributed by atoms with Gasteiger partial charge in [-0.05, 0) is 30.3 Å². The zero-order chi connectivity index (χ0) is 22.5. The van der Waals surface area contributed by atoms with E-state index in [1.807, 2.05) is 30.3 Å². The molecule has 6 nitrogen and oxygen atoms in total. The highest BCUT2D eigenvalue weighted by Gasteiger charge is 2.14. The molecule has 0 unspecified atom stereocenters. The number of aromatic nitrogens is 1. The van der Waals surface area contributed by atoms with Gasteiger partial charge in [-0.1, -0.05) is 54.1 Å². The first-order chi connectivity index (χ1) is 15.5. The van der Waals surface area contributed by atoms with Crippen LogP contribution in [0.25, 0.3) is 22.2 Å². The van der Waals surface area contributed by atoms with Gasteiger partial charge in [0, 0.05) is 22.7 Å². The number of anilines is 1. The fraction of sp³-hybridized carbons (Fsp3) is 0.0800. The quantitative estimate of drug-likeness (QED) is 0.403. The first-order valence-corrected chi connectivity index (χ1v) is 10.2. The van der Waals surface area contributed by atoms with Gasteiger partial charge in [-0.25, -0.2) is 9.78 Å². The lowest BCUT2D eigenvalue weighted by Crippen LogP contribution is -2.13. The van der Waals surface area contributed by atoms with Crippen LogP contribution in [0.5, 0.6) is 5.75 Å². The standard InChI is InChI=1S/C25H19ClN2O4/c1-31-24(29)15-32-23-14-22(16-7-3-2-4-8-16)28-21-12-11-17(13-19(21)23)27-25(30)18-9-5-6-10-20(18)26/h2-14H,15H2,1H3,(H,27,30). The van der Waals surface area contributed by atoms with Crippen LogP contribution < -0.4 is 10.1 Å². The molecule has 0 spiro atoms. The predicted molar refractivity (Wildman–Crippen MR) is 124 cm³/mol. The molecule has 1 amide bonds. The number of halogens is 1. The number of hydrogen-bond donors (Lipinski definition) is 1. The minimum absolute atomic E-state index is 0.250. The molecule has 0 bridgehead atoms. The van der Waals surface area contributed by atoms with Crippen molar-refractivity contribution in [1.82, 2.24) is 4.98 Å². The smallest absolute Gasteiger partial charge is 0.343 e. The number of esters is 1. The fourth-order valence-electron chi connectivity index (χ4n) is 3.19. The predicted octanol–water partition coefficient (Wildman–Crippen LogP) is 5.36. The number of fused-ring (bicyclic) bond motifs is 1. The molecule has 160 valence electrons. The number of pyridine rings is 1. The maximum atomic E-state index is 12.6. The van der Waals surface area contributed by atoms with E-state index in [1.54, 1.807) is 48.5 Å². The van der Waals surface area contributed by atoms with E-state index in [0.29, 0.717) is 38.6 Å². The number of nitrogens with one attached hydrogen (secondary N) is 1. The molecule has 7 heteroatoms. The van der Waals surface area contributed by atoms with E-state index in [9.17, 15) is 9.59 Å². The van der Waals surface area contributed by atoms with Crippen LogP contribution in [0.4, 0.5) is 5.69 Å². The Morgan fingerprint density at radius 3 is 2.47 bits per heavy atom. The third kappa shape index (κ3) is 4.71. The second-order valence-electron chi connectivity index (χ2n) is 6.90. The fourth-order valence-corrected chi connectivity index (χ4v) is 3.41. The number of hydrogen-bond acceptors (Lipinski definition) is 5. The van der Waals surface area contributed by atoms with Crippen LogP contribution in [0.1, 0.15) is 10.4 Å². The summed E-state index contributed by atoms with van der Waals surface area (Å²) in [7, 11) is 1.30. The summed E-state index contributed by atoms with van der Waals surface area (Å²) < 4.78 is 10.4. The lowest BCUT2D eigenvalue weighted by molar-refractivity contribution is -0.142. The van der Waals surface area contributed by atoms with E-state index in [-0.39, 0.29) is 12.5 Å². The molecule has 3 aromatic carbocycles. The average Bonchev–Trinajstić information content (AvgIpc) is 2.83. The van der Waals surface area contributed by atoms with Crippen LogP contribution in [-0.4, -0.2) is 30.6 Å². The lowest BCUT2D eigenvalue weighted by atomic mass is 10.1. The first-order valence-electron chi connectivity index (χ1n) is 9.81. The van der Waals surface area contributed by atoms with Gasteiger partial charge < -0.3 is 14.8 Å². The van der Waals surface area contributed by atoms with Gasteiger partial charge in [0.15, 0.2) is 6.61 Å². The van der Waals surface area contributed by atoms with E-state index in [2.05, 4.69) is 10.1 Å².